The highest BCUT2D eigenvalue weighted by molar-refractivity contribution is 7.21. The zero-order valence-corrected chi connectivity index (χ0v) is 16.7. The van der Waals surface area contributed by atoms with Crippen molar-refractivity contribution in [1.29, 1.82) is 0 Å². The van der Waals surface area contributed by atoms with Crippen LogP contribution in [0.4, 0.5) is 0 Å². The van der Waals surface area contributed by atoms with E-state index in [1.54, 1.807) is 4.90 Å². The summed E-state index contributed by atoms with van der Waals surface area (Å²) >= 11 is 1.50. The average molecular weight is 394 g/mol. The number of allylic oxidation sites excluding steroid dienone is 2. The largest absolute Gasteiger partial charge is 0.315 e. The molecule has 28 heavy (non-hydrogen) atoms. The van der Waals surface area contributed by atoms with Gasteiger partial charge in [0.15, 0.2) is 0 Å². The Hall–Kier alpha value is -2.73. The van der Waals surface area contributed by atoms with Gasteiger partial charge in [-0.1, -0.05) is 36.4 Å². The van der Waals surface area contributed by atoms with E-state index in [-0.39, 0.29) is 18.0 Å². The normalized spacial score (nSPS) is 14.1. The molecule has 144 valence electrons. The highest BCUT2D eigenvalue weighted by Gasteiger charge is 2.19. The molecule has 3 aromatic rings. The van der Waals surface area contributed by atoms with Gasteiger partial charge in [0.05, 0.1) is 11.7 Å². The van der Waals surface area contributed by atoms with Gasteiger partial charge in [0.2, 0.25) is 5.91 Å². The SMILES string of the molecule is CCN(C(=O)Cn1cnc2sc(-c3ccccc3)cc2c1=O)C1=CCCCC1. The van der Waals surface area contributed by atoms with Crippen molar-refractivity contribution in [3.05, 3.63) is 64.9 Å². The van der Waals surface area contributed by atoms with Gasteiger partial charge in [0.25, 0.3) is 5.56 Å². The molecule has 0 bridgehead atoms. The van der Waals surface area contributed by atoms with Crippen molar-refractivity contribution < 1.29 is 4.79 Å². The van der Waals surface area contributed by atoms with Gasteiger partial charge < -0.3 is 4.90 Å². The maximum Gasteiger partial charge on any atom is 0.262 e. The summed E-state index contributed by atoms with van der Waals surface area (Å²) in [6, 6.07) is 11.8. The molecule has 0 N–H and O–H groups in total. The van der Waals surface area contributed by atoms with E-state index in [0.717, 1.165) is 35.4 Å². The first-order valence-electron chi connectivity index (χ1n) is 9.71. The van der Waals surface area contributed by atoms with Gasteiger partial charge in [0.1, 0.15) is 11.4 Å². The molecule has 1 aromatic carbocycles. The van der Waals surface area contributed by atoms with E-state index in [2.05, 4.69) is 11.1 Å². The van der Waals surface area contributed by atoms with Crippen LogP contribution in [0.15, 0.2) is 59.3 Å². The molecule has 0 unspecified atom stereocenters. The van der Waals surface area contributed by atoms with E-state index in [1.165, 1.54) is 28.7 Å². The monoisotopic (exact) mass is 393 g/mol. The van der Waals surface area contributed by atoms with Crippen LogP contribution in [-0.2, 0) is 11.3 Å². The lowest BCUT2D eigenvalue weighted by molar-refractivity contribution is -0.130. The fourth-order valence-corrected chi connectivity index (χ4v) is 4.65. The van der Waals surface area contributed by atoms with Crippen molar-refractivity contribution >= 4 is 27.5 Å². The van der Waals surface area contributed by atoms with Crippen molar-refractivity contribution in [3.63, 3.8) is 0 Å². The number of aromatic nitrogens is 2. The number of fused-ring (bicyclic) bond motifs is 1. The summed E-state index contributed by atoms with van der Waals surface area (Å²) < 4.78 is 1.43. The van der Waals surface area contributed by atoms with Crippen LogP contribution in [-0.4, -0.2) is 26.9 Å². The maximum atomic E-state index is 12.9. The van der Waals surface area contributed by atoms with Crippen molar-refractivity contribution in [2.75, 3.05) is 6.54 Å². The Bertz CT molecular complexity index is 1080. The second kappa shape index (κ2) is 8.10. The average Bonchev–Trinajstić information content (AvgIpc) is 3.17. The smallest absolute Gasteiger partial charge is 0.262 e. The van der Waals surface area contributed by atoms with Crippen LogP contribution in [0.5, 0.6) is 0 Å². The molecule has 0 atom stereocenters. The molecule has 4 rings (SSSR count). The Morgan fingerprint density at radius 2 is 2.07 bits per heavy atom. The van der Waals surface area contributed by atoms with E-state index in [9.17, 15) is 9.59 Å². The number of amides is 1. The van der Waals surface area contributed by atoms with Gasteiger partial charge in [0, 0.05) is 17.1 Å². The lowest BCUT2D eigenvalue weighted by Crippen LogP contribution is -2.36. The Labute approximate surface area is 167 Å². The number of rotatable bonds is 5. The van der Waals surface area contributed by atoms with Crippen LogP contribution in [0.3, 0.4) is 0 Å². The number of carbonyl (C=O) groups excluding carboxylic acids is 1. The van der Waals surface area contributed by atoms with Gasteiger partial charge in [-0.25, -0.2) is 4.98 Å². The number of thiophene rings is 1. The van der Waals surface area contributed by atoms with Crippen molar-refractivity contribution in [1.82, 2.24) is 14.5 Å². The minimum Gasteiger partial charge on any atom is -0.315 e. The first kappa shape index (κ1) is 18.6. The Morgan fingerprint density at radius 3 is 2.79 bits per heavy atom. The van der Waals surface area contributed by atoms with Gasteiger partial charge in [-0.05, 0) is 44.2 Å². The molecular weight excluding hydrogens is 370 g/mol. The molecule has 0 spiro atoms. The summed E-state index contributed by atoms with van der Waals surface area (Å²) in [7, 11) is 0. The summed E-state index contributed by atoms with van der Waals surface area (Å²) in [5.41, 5.74) is 1.99. The third-order valence-corrected chi connectivity index (χ3v) is 6.21. The number of hydrogen-bond donors (Lipinski definition) is 0. The summed E-state index contributed by atoms with van der Waals surface area (Å²) in [6.45, 7) is 2.61. The molecule has 0 saturated heterocycles. The van der Waals surface area contributed by atoms with Crippen molar-refractivity contribution in [2.24, 2.45) is 0 Å². The molecule has 5 nitrogen and oxygen atoms in total. The van der Waals surface area contributed by atoms with Crippen LogP contribution in [0, 0.1) is 0 Å². The zero-order chi connectivity index (χ0) is 19.5. The fraction of sp³-hybridized carbons (Fsp3) is 0.318. The summed E-state index contributed by atoms with van der Waals surface area (Å²) in [5, 5.41) is 0.569. The van der Waals surface area contributed by atoms with Crippen molar-refractivity contribution in [3.8, 4) is 10.4 Å². The molecule has 0 radical (unpaired) electrons. The molecule has 1 aliphatic carbocycles. The van der Waals surface area contributed by atoms with E-state index in [0.29, 0.717) is 16.8 Å². The Kier molecular flexibility index (Phi) is 5.39. The van der Waals surface area contributed by atoms with Gasteiger partial charge in [-0.15, -0.1) is 11.3 Å². The second-order valence-electron chi connectivity index (χ2n) is 6.95. The summed E-state index contributed by atoms with van der Waals surface area (Å²) in [6.07, 6.45) is 7.88. The minimum absolute atomic E-state index is 0.0173. The lowest BCUT2D eigenvalue weighted by Gasteiger charge is -2.26. The highest BCUT2D eigenvalue weighted by Crippen LogP contribution is 2.30. The molecular formula is C22H23N3O2S. The highest BCUT2D eigenvalue weighted by atomic mass is 32.1. The molecule has 1 amide bonds. The predicted molar refractivity (Wildman–Crippen MR) is 113 cm³/mol. The quantitative estimate of drug-likeness (QED) is 0.644. The third-order valence-electron chi connectivity index (χ3n) is 5.11. The number of hydrogen-bond acceptors (Lipinski definition) is 4. The van der Waals surface area contributed by atoms with E-state index < -0.39 is 0 Å². The molecule has 0 aliphatic heterocycles. The molecule has 0 fully saturated rings. The van der Waals surface area contributed by atoms with Crippen LogP contribution in [0.1, 0.15) is 32.6 Å². The Morgan fingerprint density at radius 1 is 1.25 bits per heavy atom. The first-order chi connectivity index (χ1) is 13.7. The van der Waals surface area contributed by atoms with Crippen LogP contribution < -0.4 is 5.56 Å². The Balaban J connectivity index is 1.62. The first-order valence-corrected chi connectivity index (χ1v) is 10.5. The number of nitrogens with zero attached hydrogens (tertiary/aromatic N) is 3. The fourth-order valence-electron chi connectivity index (χ4n) is 3.65. The summed E-state index contributed by atoms with van der Waals surface area (Å²) in [5.74, 6) is -0.0580. The predicted octanol–water partition coefficient (Wildman–Crippen LogP) is 4.43. The van der Waals surface area contributed by atoms with E-state index in [1.807, 2.05) is 43.3 Å². The third kappa shape index (κ3) is 3.64. The number of likely N-dealkylation sites (N-methyl/N-ethyl adjacent to an activating group) is 1. The van der Waals surface area contributed by atoms with E-state index >= 15 is 0 Å². The lowest BCUT2D eigenvalue weighted by atomic mass is 10.0. The van der Waals surface area contributed by atoms with Gasteiger partial charge >= 0.3 is 0 Å². The number of carbonyl (C=O) groups is 1. The van der Waals surface area contributed by atoms with E-state index in [4.69, 9.17) is 0 Å². The summed E-state index contributed by atoms with van der Waals surface area (Å²) in [4.78, 5) is 33.7. The van der Waals surface area contributed by atoms with Gasteiger partial charge in [-0.3, -0.25) is 14.2 Å². The molecule has 2 heterocycles. The van der Waals surface area contributed by atoms with Crippen LogP contribution in [0.2, 0.25) is 0 Å². The zero-order valence-electron chi connectivity index (χ0n) is 15.9. The standard InChI is InChI=1S/C22H23N3O2S/c1-2-25(17-11-7-4-8-12-17)20(26)14-24-15-23-21-18(22(24)27)13-19(28-21)16-9-5-3-6-10-16/h3,5-6,9-11,13,15H,2,4,7-8,12,14H2,1H3. The molecule has 6 heteroatoms. The number of benzene rings is 1. The molecule has 1 aliphatic rings. The minimum atomic E-state index is -0.162. The van der Waals surface area contributed by atoms with Crippen molar-refractivity contribution in [2.45, 2.75) is 39.2 Å². The second-order valence-corrected chi connectivity index (χ2v) is 7.98. The maximum absolute atomic E-state index is 12.9. The van der Waals surface area contributed by atoms with Crippen LogP contribution >= 0.6 is 11.3 Å². The van der Waals surface area contributed by atoms with Crippen LogP contribution in [0.25, 0.3) is 20.7 Å². The topological polar surface area (TPSA) is 55.2 Å². The molecule has 2 aromatic heterocycles. The van der Waals surface area contributed by atoms with Gasteiger partial charge in [-0.2, -0.15) is 0 Å². The molecule has 0 saturated carbocycles.